The second-order valence-corrected chi connectivity index (χ2v) is 4.49. The smallest absolute Gasteiger partial charge is 0.260 e. The number of nitrogens with zero attached hydrogens (tertiary/aromatic N) is 4. The Hall–Kier alpha value is -2.34. The molecule has 7 heteroatoms. The van der Waals surface area contributed by atoms with Gasteiger partial charge in [-0.2, -0.15) is 10.1 Å². The van der Waals surface area contributed by atoms with Crippen LogP contribution in [0.25, 0.3) is 22.8 Å². The molecule has 0 aliphatic carbocycles. The summed E-state index contributed by atoms with van der Waals surface area (Å²) in [4.78, 5) is 4.30. The van der Waals surface area contributed by atoms with Crippen LogP contribution in [-0.2, 0) is 7.05 Å². The lowest BCUT2D eigenvalue weighted by Gasteiger charge is -1.99. The number of benzene rings is 1. The van der Waals surface area contributed by atoms with Gasteiger partial charge in [-0.05, 0) is 18.2 Å². The molecular weight excluding hydrogens is 266 g/mol. The molecule has 0 bridgehead atoms. The quantitative estimate of drug-likeness (QED) is 0.726. The first-order valence-electron chi connectivity index (χ1n) is 5.51. The van der Waals surface area contributed by atoms with Gasteiger partial charge in [-0.25, -0.2) is 0 Å². The fraction of sp³-hybridized carbons (Fsp3) is 0.0833. The first kappa shape index (κ1) is 11.7. The van der Waals surface area contributed by atoms with Gasteiger partial charge >= 0.3 is 0 Å². The highest BCUT2D eigenvalue weighted by Gasteiger charge is 2.14. The Labute approximate surface area is 113 Å². The van der Waals surface area contributed by atoms with Crippen LogP contribution in [0.2, 0.25) is 5.02 Å². The SMILES string of the molecule is Cn1cc(-c2noc(-c3cc(Cl)ccc3N)n2)cn1. The largest absolute Gasteiger partial charge is 0.398 e. The maximum Gasteiger partial charge on any atom is 0.260 e. The van der Waals surface area contributed by atoms with E-state index in [1.165, 1.54) is 0 Å². The molecule has 0 radical (unpaired) electrons. The van der Waals surface area contributed by atoms with E-state index in [9.17, 15) is 0 Å². The molecule has 0 aliphatic heterocycles. The van der Waals surface area contributed by atoms with Crippen molar-refractivity contribution >= 4 is 17.3 Å². The Morgan fingerprint density at radius 3 is 2.95 bits per heavy atom. The first-order chi connectivity index (χ1) is 9.13. The zero-order valence-corrected chi connectivity index (χ0v) is 10.8. The Morgan fingerprint density at radius 2 is 2.21 bits per heavy atom. The molecule has 0 atom stereocenters. The third kappa shape index (κ3) is 2.17. The number of hydrogen-bond donors (Lipinski definition) is 1. The lowest BCUT2D eigenvalue weighted by atomic mass is 10.2. The zero-order chi connectivity index (χ0) is 13.4. The highest BCUT2D eigenvalue weighted by atomic mass is 35.5. The number of nitrogen functional groups attached to an aromatic ring is 1. The number of hydrogen-bond acceptors (Lipinski definition) is 5. The van der Waals surface area contributed by atoms with E-state index in [2.05, 4.69) is 15.2 Å². The molecular formula is C12H10ClN5O. The zero-order valence-electron chi connectivity index (χ0n) is 10.0. The van der Waals surface area contributed by atoms with Crippen molar-refractivity contribution in [2.75, 3.05) is 5.73 Å². The fourth-order valence-corrected chi connectivity index (χ4v) is 1.87. The molecule has 0 spiro atoms. The van der Waals surface area contributed by atoms with Crippen LogP contribution >= 0.6 is 11.6 Å². The first-order valence-corrected chi connectivity index (χ1v) is 5.89. The van der Waals surface area contributed by atoms with Crippen molar-refractivity contribution in [1.82, 2.24) is 19.9 Å². The van der Waals surface area contributed by atoms with E-state index in [0.29, 0.717) is 28.0 Å². The molecule has 1 aromatic carbocycles. The monoisotopic (exact) mass is 275 g/mol. The van der Waals surface area contributed by atoms with E-state index in [0.717, 1.165) is 5.56 Å². The van der Waals surface area contributed by atoms with Gasteiger partial charge in [0.05, 0.1) is 17.3 Å². The van der Waals surface area contributed by atoms with Crippen molar-refractivity contribution in [3.8, 4) is 22.8 Å². The van der Waals surface area contributed by atoms with E-state index in [-0.39, 0.29) is 0 Å². The van der Waals surface area contributed by atoms with Gasteiger partial charge in [-0.1, -0.05) is 16.8 Å². The molecule has 0 amide bonds. The Kier molecular flexibility index (Phi) is 2.72. The second-order valence-electron chi connectivity index (χ2n) is 4.06. The lowest BCUT2D eigenvalue weighted by Crippen LogP contribution is -1.89. The summed E-state index contributed by atoms with van der Waals surface area (Å²) in [6, 6.07) is 5.10. The van der Waals surface area contributed by atoms with E-state index in [1.54, 1.807) is 35.3 Å². The highest BCUT2D eigenvalue weighted by Crippen LogP contribution is 2.29. The van der Waals surface area contributed by atoms with Crippen LogP contribution in [0.3, 0.4) is 0 Å². The van der Waals surface area contributed by atoms with Gasteiger partial charge in [-0.15, -0.1) is 0 Å². The topological polar surface area (TPSA) is 82.8 Å². The third-order valence-electron chi connectivity index (χ3n) is 2.63. The summed E-state index contributed by atoms with van der Waals surface area (Å²) in [5.74, 6) is 0.793. The van der Waals surface area contributed by atoms with E-state index < -0.39 is 0 Å². The highest BCUT2D eigenvalue weighted by molar-refractivity contribution is 6.31. The summed E-state index contributed by atoms with van der Waals surface area (Å²) in [6.07, 6.45) is 3.46. The standard InChI is InChI=1S/C12H10ClN5O/c1-18-6-7(5-15-18)11-16-12(19-17-11)9-4-8(13)2-3-10(9)14/h2-6H,14H2,1H3. The predicted octanol–water partition coefficient (Wildman–Crippen LogP) is 2.37. The average Bonchev–Trinajstić information content (AvgIpc) is 3.00. The van der Waals surface area contributed by atoms with Crippen molar-refractivity contribution in [2.24, 2.45) is 7.05 Å². The molecule has 0 aliphatic rings. The number of anilines is 1. The number of nitrogens with two attached hydrogens (primary N) is 1. The third-order valence-corrected chi connectivity index (χ3v) is 2.87. The Balaban J connectivity index is 2.03. The molecule has 3 aromatic rings. The Bertz CT molecular complexity index is 733. The van der Waals surface area contributed by atoms with E-state index in [1.807, 2.05) is 7.05 Å². The molecule has 0 unspecified atom stereocenters. The van der Waals surface area contributed by atoms with Crippen LogP contribution in [0, 0.1) is 0 Å². The maximum atomic E-state index is 5.94. The number of aryl methyl sites for hydroxylation is 1. The molecule has 2 aromatic heterocycles. The van der Waals surface area contributed by atoms with Crippen LogP contribution in [0.15, 0.2) is 35.1 Å². The maximum absolute atomic E-state index is 5.94. The minimum atomic E-state index is 0.332. The fourth-order valence-electron chi connectivity index (χ4n) is 1.70. The lowest BCUT2D eigenvalue weighted by molar-refractivity contribution is 0.432. The molecule has 0 saturated carbocycles. The number of aromatic nitrogens is 4. The van der Waals surface area contributed by atoms with Crippen molar-refractivity contribution < 1.29 is 4.52 Å². The van der Waals surface area contributed by atoms with E-state index in [4.69, 9.17) is 21.9 Å². The minimum Gasteiger partial charge on any atom is -0.398 e. The normalized spacial score (nSPS) is 10.8. The predicted molar refractivity (Wildman–Crippen MR) is 71.4 cm³/mol. The van der Waals surface area contributed by atoms with Crippen molar-refractivity contribution in [3.05, 3.63) is 35.6 Å². The Morgan fingerprint density at radius 1 is 1.37 bits per heavy atom. The summed E-state index contributed by atoms with van der Waals surface area (Å²) in [5.41, 5.74) is 7.80. The summed E-state index contributed by atoms with van der Waals surface area (Å²) in [5, 5.41) is 8.53. The van der Waals surface area contributed by atoms with Gasteiger partial charge in [0.15, 0.2) is 0 Å². The van der Waals surface area contributed by atoms with E-state index >= 15 is 0 Å². The van der Waals surface area contributed by atoms with Crippen LogP contribution in [0.5, 0.6) is 0 Å². The molecule has 19 heavy (non-hydrogen) atoms. The number of halogens is 1. The molecule has 0 fully saturated rings. The van der Waals surface area contributed by atoms with Crippen molar-refractivity contribution in [1.29, 1.82) is 0 Å². The number of rotatable bonds is 2. The summed E-state index contributed by atoms with van der Waals surface area (Å²) < 4.78 is 6.88. The molecule has 2 N–H and O–H groups in total. The average molecular weight is 276 g/mol. The molecule has 2 heterocycles. The summed E-state index contributed by atoms with van der Waals surface area (Å²) in [6.45, 7) is 0. The van der Waals surface area contributed by atoms with Gasteiger partial charge in [0.2, 0.25) is 5.82 Å². The molecule has 3 rings (SSSR count). The molecule has 0 saturated heterocycles. The van der Waals surface area contributed by atoms with Crippen molar-refractivity contribution in [2.45, 2.75) is 0 Å². The van der Waals surface area contributed by atoms with Crippen LogP contribution in [0.4, 0.5) is 5.69 Å². The van der Waals surface area contributed by atoms with Gasteiger partial charge in [-0.3, -0.25) is 4.68 Å². The van der Waals surface area contributed by atoms with Crippen LogP contribution in [-0.4, -0.2) is 19.9 Å². The van der Waals surface area contributed by atoms with Crippen LogP contribution < -0.4 is 5.73 Å². The summed E-state index contributed by atoms with van der Waals surface area (Å²) in [7, 11) is 1.82. The van der Waals surface area contributed by atoms with Crippen molar-refractivity contribution in [3.63, 3.8) is 0 Å². The van der Waals surface area contributed by atoms with Gasteiger partial charge in [0.1, 0.15) is 0 Å². The molecule has 96 valence electrons. The van der Waals surface area contributed by atoms with Gasteiger partial charge < -0.3 is 10.3 Å². The minimum absolute atomic E-state index is 0.332. The second kappa shape index (κ2) is 4.40. The molecule has 6 nitrogen and oxygen atoms in total. The summed E-state index contributed by atoms with van der Waals surface area (Å²) >= 11 is 5.94. The van der Waals surface area contributed by atoms with Gasteiger partial charge in [0.25, 0.3) is 5.89 Å². The van der Waals surface area contributed by atoms with Crippen LogP contribution in [0.1, 0.15) is 0 Å². The van der Waals surface area contributed by atoms with Gasteiger partial charge in [0, 0.05) is 24.0 Å².